The highest BCUT2D eigenvalue weighted by molar-refractivity contribution is 5.10. The molecule has 1 heterocycles. The largest absolute Gasteiger partial charge is 0.364 e. The van der Waals surface area contributed by atoms with Gasteiger partial charge in [-0.2, -0.15) is 0 Å². The predicted molar refractivity (Wildman–Crippen MR) is 44.0 cm³/mol. The normalized spacial score (nSPS) is 13.4. The van der Waals surface area contributed by atoms with Gasteiger partial charge in [0, 0.05) is 25.0 Å². The molecule has 1 atom stereocenters. The van der Waals surface area contributed by atoms with Gasteiger partial charge in [0.15, 0.2) is 0 Å². The molecule has 0 amide bonds. The summed E-state index contributed by atoms with van der Waals surface area (Å²) in [7, 11) is 1.67. The molecular weight excluding hydrogens is 140 g/mol. The van der Waals surface area contributed by atoms with E-state index in [1.54, 1.807) is 7.11 Å². The molecule has 0 aliphatic carbocycles. The summed E-state index contributed by atoms with van der Waals surface area (Å²) in [5, 5.41) is 0. The fourth-order valence-electron chi connectivity index (χ4n) is 1.10. The Labute approximate surface area is 66.8 Å². The van der Waals surface area contributed by atoms with Crippen LogP contribution in [0.2, 0.25) is 0 Å². The van der Waals surface area contributed by atoms with Gasteiger partial charge in [-0.05, 0) is 19.1 Å². The van der Waals surface area contributed by atoms with Crippen molar-refractivity contribution < 1.29 is 4.74 Å². The van der Waals surface area contributed by atoms with Crippen molar-refractivity contribution in [3.8, 4) is 0 Å². The Morgan fingerprint density at radius 1 is 1.73 bits per heavy atom. The second-order valence-electron chi connectivity index (χ2n) is 2.61. The molecule has 1 aromatic rings. The first kappa shape index (κ1) is 8.30. The van der Waals surface area contributed by atoms with Crippen LogP contribution >= 0.6 is 0 Å². The minimum Gasteiger partial charge on any atom is -0.364 e. The summed E-state index contributed by atoms with van der Waals surface area (Å²) in [6.45, 7) is 2.53. The van der Waals surface area contributed by atoms with Crippen LogP contribution in [0.5, 0.6) is 0 Å². The van der Waals surface area contributed by atoms with E-state index in [0.717, 1.165) is 5.69 Å². The van der Waals surface area contributed by atoms with Crippen molar-refractivity contribution in [3.63, 3.8) is 0 Å². The molecule has 62 valence electrons. The van der Waals surface area contributed by atoms with Crippen molar-refractivity contribution in [1.82, 2.24) is 4.57 Å². The Balaban J connectivity index is 2.78. The van der Waals surface area contributed by atoms with Crippen molar-refractivity contribution in [2.24, 2.45) is 5.73 Å². The lowest BCUT2D eigenvalue weighted by molar-refractivity contribution is 0.128. The molecule has 0 saturated carbocycles. The molecule has 0 spiro atoms. The number of hydrogen-bond acceptors (Lipinski definition) is 2. The maximum atomic E-state index is 5.71. The fourth-order valence-corrected chi connectivity index (χ4v) is 1.10. The number of nitrogens with zero attached hydrogens (tertiary/aromatic N) is 1. The van der Waals surface area contributed by atoms with Gasteiger partial charge >= 0.3 is 0 Å². The van der Waals surface area contributed by atoms with E-state index in [1.807, 2.05) is 29.8 Å². The van der Waals surface area contributed by atoms with Crippen molar-refractivity contribution in [3.05, 3.63) is 24.0 Å². The third-order valence-corrected chi connectivity index (χ3v) is 1.60. The van der Waals surface area contributed by atoms with E-state index in [-0.39, 0.29) is 6.04 Å². The first-order valence-corrected chi connectivity index (χ1v) is 3.65. The molecule has 2 N–H and O–H groups in total. The quantitative estimate of drug-likeness (QED) is 0.708. The van der Waals surface area contributed by atoms with Gasteiger partial charge in [0.05, 0.1) is 0 Å². The molecule has 1 aromatic heterocycles. The molecule has 3 heteroatoms. The number of hydrogen-bond donors (Lipinski definition) is 1. The van der Waals surface area contributed by atoms with Crippen molar-refractivity contribution in [1.29, 1.82) is 0 Å². The third-order valence-electron chi connectivity index (χ3n) is 1.60. The van der Waals surface area contributed by atoms with E-state index in [4.69, 9.17) is 10.5 Å². The summed E-state index contributed by atoms with van der Waals surface area (Å²) in [5.41, 5.74) is 6.82. The Hall–Kier alpha value is -0.800. The van der Waals surface area contributed by atoms with Crippen LogP contribution in [0.1, 0.15) is 18.7 Å². The second kappa shape index (κ2) is 3.55. The van der Waals surface area contributed by atoms with E-state index in [2.05, 4.69) is 0 Å². The number of aromatic nitrogens is 1. The van der Waals surface area contributed by atoms with E-state index in [0.29, 0.717) is 6.73 Å². The zero-order chi connectivity index (χ0) is 8.27. The van der Waals surface area contributed by atoms with Crippen LogP contribution in [0.4, 0.5) is 0 Å². The van der Waals surface area contributed by atoms with Crippen molar-refractivity contribution >= 4 is 0 Å². The maximum Gasteiger partial charge on any atom is 0.122 e. The summed E-state index contributed by atoms with van der Waals surface area (Å²) in [6, 6.07) is 4.04. The highest BCUT2D eigenvalue weighted by atomic mass is 16.5. The fraction of sp³-hybridized carbons (Fsp3) is 0.500. The highest BCUT2D eigenvalue weighted by Crippen LogP contribution is 2.09. The van der Waals surface area contributed by atoms with Crippen LogP contribution in [-0.4, -0.2) is 11.7 Å². The summed E-state index contributed by atoms with van der Waals surface area (Å²) in [6.07, 6.45) is 1.96. The lowest BCUT2D eigenvalue weighted by Crippen LogP contribution is -2.12. The minimum atomic E-state index is 0.0696. The van der Waals surface area contributed by atoms with Crippen molar-refractivity contribution in [2.45, 2.75) is 19.7 Å². The Kier molecular flexibility index (Phi) is 2.68. The minimum absolute atomic E-state index is 0.0696. The van der Waals surface area contributed by atoms with E-state index in [9.17, 15) is 0 Å². The van der Waals surface area contributed by atoms with Gasteiger partial charge in [0.2, 0.25) is 0 Å². The van der Waals surface area contributed by atoms with Crippen LogP contribution in [0.15, 0.2) is 18.3 Å². The number of rotatable bonds is 3. The lowest BCUT2D eigenvalue weighted by atomic mass is 10.2. The Bertz CT molecular complexity index is 218. The van der Waals surface area contributed by atoms with Gasteiger partial charge in [-0.25, -0.2) is 0 Å². The molecule has 3 nitrogen and oxygen atoms in total. The average molecular weight is 154 g/mol. The lowest BCUT2D eigenvalue weighted by Gasteiger charge is -2.09. The molecule has 0 aromatic carbocycles. The number of methoxy groups -OCH3 is 1. The number of nitrogens with two attached hydrogens (primary N) is 1. The van der Waals surface area contributed by atoms with Crippen LogP contribution < -0.4 is 5.73 Å². The first-order valence-electron chi connectivity index (χ1n) is 3.65. The molecule has 1 unspecified atom stereocenters. The Morgan fingerprint density at radius 2 is 2.45 bits per heavy atom. The zero-order valence-corrected chi connectivity index (χ0v) is 6.95. The molecule has 0 aliphatic heterocycles. The van der Waals surface area contributed by atoms with Crippen LogP contribution in [0.3, 0.4) is 0 Å². The highest BCUT2D eigenvalue weighted by Gasteiger charge is 2.03. The molecule has 0 bridgehead atoms. The van der Waals surface area contributed by atoms with Crippen LogP contribution in [0.25, 0.3) is 0 Å². The number of ether oxygens (including phenoxy) is 1. The Morgan fingerprint density at radius 3 is 3.00 bits per heavy atom. The van der Waals surface area contributed by atoms with E-state index in [1.165, 1.54) is 0 Å². The summed E-state index contributed by atoms with van der Waals surface area (Å²) in [5.74, 6) is 0. The van der Waals surface area contributed by atoms with Gasteiger partial charge in [-0.15, -0.1) is 0 Å². The molecule has 0 fully saturated rings. The molecule has 0 aliphatic rings. The van der Waals surface area contributed by atoms with Crippen LogP contribution in [-0.2, 0) is 11.5 Å². The average Bonchev–Trinajstić information content (AvgIpc) is 2.36. The summed E-state index contributed by atoms with van der Waals surface area (Å²) >= 11 is 0. The topological polar surface area (TPSA) is 40.2 Å². The first-order chi connectivity index (χ1) is 5.25. The zero-order valence-electron chi connectivity index (χ0n) is 6.95. The van der Waals surface area contributed by atoms with Gasteiger partial charge in [-0.1, -0.05) is 0 Å². The summed E-state index contributed by atoms with van der Waals surface area (Å²) in [4.78, 5) is 0. The van der Waals surface area contributed by atoms with E-state index >= 15 is 0 Å². The molecule has 0 radical (unpaired) electrons. The monoisotopic (exact) mass is 154 g/mol. The standard InChI is InChI=1S/C8H14N2O/c1-7(9)8-4-3-5-10(8)6-11-2/h3-5,7H,6,9H2,1-2H3. The van der Waals surface area contributed by atoms with Gasteiger partial charge in [0.25, 0.3) is 0 Å². The second-order valence-corrected chi connectivity index (χ2v) is 2.61. The van der Waals surface area contributed by atoms with Gasteiger partial charge < -0.3 is 15.0 Å². The smallest absolute Gasteiger partial charge is 0.122 e. The van der Waals surface area contributed by atoms with E-state index < -0.39 is 0 Å². The van der Waals surface area contributed by atoms with Crippen molar-refractivity contribution in [2.75, 3.05) is 7.11 Å². The SMILES string of the molecule is COCn1cccc1C(C)N. The molecule has 1 rings (SSSR count). The summed E-state index contributed by atoms with van der Waals surface area (Å²) < 4.78 is 6.98. The van der Waals surface area contributed by atoms with Crippen LogP contribution in [0, 0.1) is 0 Å². The molecule has 0 saturated heterocycles. The third kappa shape index (κ3) is 1.82. The molecular formula is C8H14N2O. The van der Waals surface area contributed by atoms with Gasteiger partial charge in [0.1, 0.15) is 6.73 Å². The van der Waals surface area contributed by atoms with Gasteiger partial charge in [-0.3, -0.25) is 0 Å². The predicted octanol–water partition coefficient (Wildman–Crippen LogP) is 1.11. The maximum absolute atomic E-state index is 5.71. The molecule has 11 heavy (non-hydrogen) atoms.